The third-order valence-electron chi connectivity index (χ3n) is 3.64. The van der Waals surface area contributed by atoms with Gasteiger partial charge in [0, 0.05) is 11.6 Å². The van der Waals surface area contributed by atoms with Crippen LogP contribution in [0.3, 0.4) is 0 Å². The van der Waals surface area contributed by atoms with E-state index < -0.39 is 0 Å². The molecule has 4 heteroatoms. The molecule has 0 spiro atoms. The number of rotatable bonds is 2. The van der Waals surface area contributed by atoms with Crippen molar-refractivity contribution in [3.63, 3.8) is 0 Å². The minimum atomic E-state index is -0.351. The van der Waals surface area contributed by atoms with Crippen LogP contribution in [0.1, 0.15) is 24.4 Å². The Morgan fingerprint density at radius 3 is 2.50 bits per heavy atom. The van der Waals surface area contributed by atoms with Crippen LogP contribution < -0.4 is 5.32 Å². The minimum absolute atomic E-state index is 0. The minimum Gasteiger partial charge on any atom is -0.310 e. The van der Waals surface area contributed by atoms with Gasteiger partial charge in [0.15, 0.2) is 0 Å². The molecule has 0 saturated carbocycles. The van der Waals surface area contributed by atoms with Crippen molar-refractivity contribution in [3.05, 3.63) is 58.9 Å². The van der Waals surface area contributed by atoms with E-state index in [-0.39, 0.29) is 23.2 Å². The van der Waals surface area contributed by atoms with Crippen molar-refractivity contribution in [1.29, 1.82) is 0 Å². The molecule has 1 aliphatic rings. The lowest BCUT2D eigenvalue weighted by molar-refractivity contribution is 0.631. The normalized spacial score (nSPS) is 17.8. The standard InChI is InChI=1S/C16H15ClFN.ClH/c17-14-4-1-3-13(16(14)18)11-6-8-12(9-7-11)15-5-2-10-19-15;/h1,3-4,6-9,15,19H,2,5,10H2;1H. The Kier molecular flexibility index (Phi) is 5.03. The summed E-state index contributed by atoms with van der Waals surface area (Å²) in [5.74, 6) is -0.351. The lowest BCUT2D eigenvalue weighted by Gasteiger charge is -2.11. The number of hydrogen-bond donors (Lipinski definition) is 1. The quantitative estimate of drug-likeness (QED) is 0.823. The van der Waals surface area contributed by atoms with Crippen LogP contribution in [-0.4, -0.2) is 6.54 Å². The largest absolute Gasteiger partial charge is 0.310 e. The van der Waals surface area contributed by atoms with E-state index in [9.17, 15) is 4.39 Å². The highest BCUT2D eigenvalue weighted by atomic mass is 35.5. The van der Waals surface area contributed by atoms with Crippen LogP contribution >= 0.6 is 24.0 Å². The first kappa shape index (κ1) is 15.3. The van der Waals surface area contributed by atoms with Crippen molar-refractivity contribution < 1.29 is 4.39 Å². The van der Waals surface area contributed by atoms with Crippen LogP contribution in [0.25, 0.3) is 11.1 Å². The Hall–Kier alpha value is -1.09. The van der Waals surface area contributed by atoms with Gasteiger partial charge in [-0.05, 0) is 36.6 Å². The third-order valence-corrected chi connectivity index (χ3v) is 3.93. The summed E-state index contributed by atoms with van der Waals surface area (Å²) in [7, 11) is 0. The van der Waals surface area contributed by atoms with E-state index in [2.05, 4.69) is 17.4 Å². The second-order valence-corrected chi connectivity index (χ2v) is 5.28. The van der Waals surface area contributed by atoms with Crippen LogP contribution in [0, 0.1) is 5.82 Å². The Balaban J connectivity index is 0.00000147. The van der Waals surface area contributed by atoms with Crippen molar-refractivity contribution in [2.45, 2.75) is 18.9 Å². The van der Waals surface area contributed by atoms with Crippen molar-refractivity contribution in [3.8, 4) is 11.1 Å². The summed E-state index contributed by atoms with van der Waals surface area (Å²) in [6, 6.07) is 13.6. The zero-order chi connectivity index (χ0) is 13.2. The van der Waals surface area contributed by atoms with Gasteiger partial charge in [-0.2, -0.15) is 0 Å². The van der Waals surface area contributed by atoms with E-state index in [0.717, 1.165) is 12.1 Å². The van der Waals surface area contributed by atoms with Gasteiger partial charge in [0.25, 0.3) is 0 Å². The van der Waals surface area contributed by atoms with Crippen LogP contribution in [0.15, 0.2) is 42.5 Å². The topological polar surface area (TPSA) is 12.0 Å². The summed E-state index contributed by atoms with van der Waals surface area (Å²) in [5, 5.41) is 3.62. The molecular weight excluding hydrogens is 296 g/mol. The number of halogens is 3. The van der Waals surface area contributed by atoms with Gasteiger partial charge in [0.2, 0.25) is 0 Å². The average molecular weight is 312 g/mol. The Bertz CT molecular complexity index is 578. The molecule has 0 aromatic heterocycles. The molecule has 20 heavy (non-hydrogen) atoms. The molecule has 0 aliphatic carbocycles. The van der Waals surface area contributed by atoms with Crippen LogP contribution in [0.5, 0.6) is 0 Å². The molecule has 2 aromatic rings. The maximum atomic E-state index is 13.9. The monoisotopic (exact) mass is 311 g/mol. The van der Waals surface area contributed by atoms with E-state index in [1.165, 1.54) is 18.4 Å². The number of nitrogens with one attached hydrogen (secondary N) is 1. The molecular formula is C16H16Cl2FN. The predicted molar refractivity (Wildman–Crippen MR) is 84.1 cm³/mol. The first-order valence-electron chi connectivity index (χ1n) is 6.53. The SMILES string of the molecule is Cl.Fc1c(Cl)cccc1-c1ccc(C2CCCN2)cc1. The van der Waals surface area contributed by atoms with Crippen LogP contribution in [0.4, 0.5) is 4.39 Å². The molecule has 3 rings (SSSR count). The highest BCUT2D eigenvalue weighted by Crippen LogP contribution is 2.29. The molecule has 1 heterocycles. The molecule has 1 aliphatic heterocycles. The van der Waals surface area contributed by atoms with Gasteiger partial charge >= 0.3 is 0 Å². The third kappa shape index (κ3) is 2.98. The highest BCUT2D eigenvalue weighted by molar-refractivity contribution is 6.31. The van der Waals surface area contributed by atoms with Gasteiger partial charge in [0.1, 0.15) is 5.82 Å². The molecule has 106 valence electrons. The summed E-state index contributed by atoms with van der Waals surface area (Å²) in [6.45, 7) is 1.08. The molecule has 1 saturated heterocycles. The van der Waals surface area contributed by atoms with Crippen LogP contribution in [0.2, 0.25) is 5.02 Å². The van der Waals surface area contributed by atoms with Gasteiger partial charge in [-0.3, -0.25) is 0 Å². The second kappa shape index (κ2) is 6.57. The van der Waals surface area contributed by atoms with Gasteiger partial charge < -0.3 is 5.32 Å². The van der Waals surface area contributed by atoms with Gasteiger partial charge in [-0.15, -0.1) is 12.4 Å². The fourth-order valence-corrected chi connectivity index (χ4v) is 2.77. The van der Waals surface area contributed by atoms with E-state index in [1.54, 1.807) is 18.2 Å². The van der Waals surface area contributed by atoms with Crippen molar-refractivity contribution >= 4 is 24.0 Å². The van der Waals surface area contributed by atoms with E-state index in [4.69, 9.17) is 11.6 Å². The Labute approximate surface area is 129 Å². The second-order valence-electron chi connectivity index (χ2n) is 4.87. The van der Waals surface area contributed by atoms with Gasteiger partial charge in [0.05, 0.1) is 5.02 Å². The van der Waals surface area contributed by atoms with Gasteiger partial charge in [-0.1, -0.05) is 48.0 Å². The molecule has 0 radical (unpaired) electrons. The molecule has 1 unspecified atom stereocenters. The lowest BCUT2D eigenvalue weighted by atomic mass is 10.00. The van der Waals surface area contributed by atoms with Crippen molar-refractivity contribution in [2.75, 3.05) is 6.54 Å². The molecule has 2 aromatic carbocycles. The highest BCUT2D eigenvalue weighted by Gasteiger charge is 2.16. The maximum Gasteiger partial charge on any atom is 0.149 e. The fourth-order valence-electron chi connectivity index (χ4n) is 2.59. The van der Waals surface area contributed by atoms with Crippen LogP contribution in [-0.2, 0) is 0 Å². The first-order valence-corrected chi connectivity index (χ1v) is 6.91. The smallest absolute Gasteiger partial charge is 0.149 e. The summed E-state index contributed by atoms with van der Waals surface area (Å²) in [5.41, 5.74) is 2.68. The first-order chi connectivity index (χ1) is 9.25. The zero-order valence-corrected chi connectivity index (χ0v) is 12.5. The Morgan fingerprint density at radius 1 is 1.10 bits per heavy atom. The summed E-state index contributed by atoms with van der Waals surface area (Å²) >= 11 is 5.81. The predicted octanol–water partition coefficient (Wildman–Crippen LogP) is 4.99. The van der Waals surface area contributed by atoms with E-state index in [0.29, 0.717) is 11.6 Å². The summed E-state index contributed by atoms with van der Waals surface area (Å²) in [6.07, 6.45) is 2.39. The molecule has 1 fully saturated rings. The summed E-state index contributed by atoms with van der Waals surface area (Å²) < 4.78 is 13.9. The average Bonchev–Trinajstić information content (AvgIpc) is 2.96. The number of benzene rings is 2. The number of hydrogen-bond acceptors (Lipinski definition) is 1. The molecule has 1 N–H and O–H groups in total. The van der Waals surface area contributed by atoms with Gasteiger partial charge in [-0.25, -0.2) is 4.39 Å². The molecule has 0 amide bonds. The Morgan fingerprint density at radius 2 is 1.85 bits per heavy atom. The molecule has 1 atom stereocenters. The molecule has 1 nitrogen and oxygen atoms in total. The van der Waals surface area contributed by atoms with Crippen molar-refractivity contribution in [1.82, 2.24) is 5.32 Å². The zero-order valence-electron chi connectivity index (χ0n) is 10.9. The fraction of sp³-hybridized carbons (Fsp3) is 0.250. The van der Waals surface area contributed by atoms with Crippen molar-refractivity contribution in [2.24, 2.45) is 0 Å². The maximum absolute atomic E-state index is 13.9. The molecule has 0 bridgehead atoms. The van der Waals surface area contributed by atoms with E-state index in [1.807, 2.05) is 12.1 Å². The summed E-state index contributed by atoms with van der Waals surface area (Å²) in [4.78, 5) is 0. The lowest BCUT2D eigenvalue weighted by Crippen LogP contribution is -2.12. The van der Waals surface area contributed by atoms with E-state index >= 15 is 0 Å².